The Labute approximate surface area is 90.5 Å². The van der Waals surface area contributed by atoms with Crippen molar-refractivity contribution in [3.63, 3.8) is 0 Å². The SMILES string of the molecule is CC(=O)CCC(Cl)Cl.CCOCC. The maximum Gasteiger partial charge on any atom is 0.129 e. The van der Waals surface area contributed by atoms with E-state index in [-0.39, 0.29) is 10.6 Å². The summed E-state index contributed by atoms with van der Waals surface area (Å²) in [4.78, 5) is 9.84. The Morgan fingerprint density at radius 1 is 1.31 bits per heavy atom. The molecule has 0 bridgehead atoms. The maximum atomic E-state index is 10.2. The highest BCUT2D eigenvalue weighted by Gasteiger charge is 1.99. The number of hydrogen-bond acceptors (Lipinski definition) is 2. The molecule has 0 aromatic rings. The van der Waals surface area contributed by atoms with Gasteiger partial charge in [0.15, 0.2) is 0 Å². The Morgan fingerprint density at radius 3 is 1.85 bits per heavy atom. The molecule has 0 saturated carbocycles. The molecular formula is C9H18Cl2O2. The van der Waals surface area contributed by atoms with Crippen molar-refractivity contribution in [2.24, 2.45) is 0 Å². The number of halogens is 2. The minimum atomic E-state index is -0.390. The van der Waals surface area contributed by atoms with Gasteiger partial charge in [-0.05, 0) is 27.2 Å². The van der Waals surface area contributed by atoms with E-state index in [1.165, 1.54) is 6.92 Å². The molecule has 13 heavy (non-hydrogen) atoms. The Morgan fingerprint density at radius 2 is 1.77 bits per heavy atom. The van der Waals surface area contributed by atoms with Crippen molar-refractivity contribution in [3.05, 3.63) is 0 Å². The van der Waals surface area contributed by atoms with Gasteiger partial charge in [-0.25, -0.2) is 0 Å². The van der Waals surface area contributed by atoms with Gasteiger partial charge in [-0.1, -0.05) is 0 Å². The molecule has 0 atom stereocenters. The van der Waals surface area contributed by atoms with Gasteiger partial charge in [0.05, 0.1) is 0 Å². The molecule has 2 nitrogen and oxygen atoms in total. The molecule has 0 rings (SSSR count). The molecule has 0 unspecified atom stereocenters. The quantitative estimate of drug-likeness (QED) is 0.676. The molecular weight excluding hydrogens is 211 g/mol. The first-order chi connectivity index (χ1) is 6.04. The maximum absolute atomic E-state index is 10.2. The van der Waals surface area contributed by atoms with Crippen LogP contribution in [0, 0.1) is 0 Å². The van der Waals surface area contributed by atoms with Crippen molar-refractivity contribution in [2.45, 2.75) is 38.4 Å². The smallest absolute Gasteiger partial charge is 0.129 e. The molecule has 0 spiro atoms. The summed E-state index contributed by atoms with van der Waals surface area (Å²) < 4.78 is 4.83. The van der Waals surface area contributed by atoms with Crippen LogP contribution in [0.25, 0.3) is 0 Å². The minimum absolute atomic E-state index is 0.135. The van der Waals surface area contributed by atoms with E-state index >= 15 is 0 Å². The van der Waals surface area contributed by atoms with E-state index in [4.69, 9.17) is 27.9 Å². The van der Waals surface area contributed by atoms with E-state index < -0.39 is 0 Å². The second-order valence-corrected chi connectivity index (χ2v) is 3.69. The monoisotopic (exact) mass is 228 g/mol. The van der Waals surface area contributed by atoms with Crippen LogP contribution in [0.1, 0.15) is 33.6 Å². The molecule has 0 aliphatic carbocycles. The Bertz CT molecular complexity index is 114. The van der Waals surface area contributed by atoms with Crippen molar-refractivity contribution in [1.29, 1.82) is 0 Å². The van der Waals surface area contributed by atoms with Crippen LogP contribution < -0.4 is 0 Å². The van der Waals surface area contributed by atoms with Crippen LogP contribution in [0.2, 0.25) is 0 Å². The van der Waals surface area contributed by atoms with Gasteiger partial charge in [-0.3, -0.25) is 0 Å². The summed E-state index contributed by atoms with van der Waals surface area (Å²) in [6.45, 7) is 7.19. The van der Waals surface area contributed by atoms with Crippen LogP contribution in [0.4, 0.5) is 0 Å². The van der Waals surface area contributed by atoms with Crippen LogP contribution >= 0.6 is 23.2 Å². The lowest BCUT2D eigenvalue weighted by molar-refractivity contribution is -0.117. The molecule has 4 heteroatoms. The average Bonchev–Trinajstić information content (AvgIpc) is 2.03. The largest absolute Gasteiger partial charge is 0.382 e. The lowest BCUT2D eigenvalue weighted by Gasteiger charge is -1.94. The minimum Gasteiger partial charge on any atom is -0.382 e. The first-order valence-corrected chi connectivity index (χ1v) is 5.27. The van der Waals surface area contributed by atoms with Gasteiger partial charge < -0.3 is 9.53 Å². The van der Waals surface area contributed by atoms with E-state index in [2.05, 4.69) is 0 Å². The van der Waals surface area contributed by atoms with Crippen LogP contribution in [0.5, 0.6) is 0 Å². The summed E-state index contributed by atoms with van der Waals surface area (Å²) in [5, 5.41) is 0. The van der Waals surface area contributed by atoms with E-state index in [9.17, 15) is 4.79 Å². The van der Waals surface area contributed by atoms with E-state index in [0.29, 0.717) is 12.8 Å². The van der Waals surface area contributed by atoms with E-state index in [1.54, 1.807) is 0 Å². The van der Waals surface area contributed by atoms with Crippen LogP contribution in [0.15, 0.2) is 0 Å². The zero-order valence-corrected chi connectivity index (χ0v) is 9.99. The first kappa shape index (κ1) is 15.7. The van der Waals surface area contributed by atoms with Crippen LogP contribution in [-0.4, -0.2) is 23.8 Å². The number of hydrogen-bond donors (Lipinski definition) is 0. The Hall–Kier alpha value is 0.210. The molecule has 0 fully saturated rings. The average molecular weight is 229 g/mol. The fourth-order valence-electron chi connectivity index (χ4n) is 0.516. The highest BCUT2D eigenvalue weighted by molar-refractivity contribution is 6.44. The van der Waals surface area contributed by atoms with Gasteiger partial charge in [-0.15, -0.1) is 23.2 Å². The van der Waals surface area contributed by atoms with Crippen LogP contribution in [0.3, 0.4) is 0 Å². The number of rotatable bonds is 5. The fraction of sp³-hybridized carbons (Fsp3) is 0.889. The summed E-state index contributed by atoms with van der Waals surface area (Å²) in [5.41, 5.74) is 0. The van der Waals surface area contributed by atoms with Crippen molar-refractivity contribution in [1.82, 2.24) is 0 Å². The van der Waals surface area contributed by atoms with Crippen molar-refractivity contribution >= 4 is 29.0 Å². The van der Waals surface area contributed by atoms with Crippen molar-refractivity contribution in [2.75, 3.05) is 13.2 Å². The zero-order chi connectivity index (χ0) is 10.7. The molecule has 0 heterocycles. The van der Waals surface area contributed by atoms with Crippen LogP contribution in [-0.2, 0) is 9.53 Å². The third kappa shape index (κ3) is 24.5. The van der Waals surface area contributed by atoms with Crippen molar-refractivity contribution < 1.29 is 9.53 Å². The van der Waals surface area contributed by atoms with Gasteiger partial charge in [0.1, 0.15) is 10.6 Å². The van der Waals surface area contributed by atoms with Gasteiger partial charge in [-0.2, -0.15) is 0 Å². The number of ketones is 1. The molecule has 0 aliphatic rings. The lowest BCUT2D eigenvalue weighted by atomic mass is 10.3. The second kappa shape index (κ2) is 12.2. The summed E-state index contributed by atoms with van der Waals surface area (Å²) in [6, 6.07) is 0. The van der Waals surface area contributed by atoms with E-state index in [1.807, 2.05) is 13.8 Å². The van der Waals surface area contributed by atoms with Gasteiger partial charge in [0.25, 0.3) is 0 Å². The van der Waals surface area contributed by atoms with E-state index in [0.717, 1.165) is 13.2 Å². The van der Waals surface area contributed by atoms with Crippen molar-refractivity contribution in [3.8, 4) is 0 Å². The molecule has 0 aliphatic heterocycles. The molecule has 0 aromatic heterocycles. The zero-order valence-electron chi connectivity index (χ0n) is 8.48. The normalized spacial score (nSPS) is 9.38. The Kier molecular flexibility index (Phi) is 14.7. The molecule has 80 valence electrons. The third-order valence-electron chi connectivity index (χ3n) is 1.12. The molecule has 0 radical (unpaired) electrons. The number of carbonyl (C=O) groups is 1. The summed E-state index contributed by atoms with van der Waals surface area (Å²) in [6.07, 6.45) is 1.05. The van der Waals surface area contributed by atoms with Gasteiger partial charge in [0, 0.05) is 19.6 Å². The second-order valence-electron chi connectivity index (χ2n) is 2.41. The summed E-state index contributed by atoms with van der Waals surface area (Å²) in [7, 11) is 0. The fourth-order valence-corrected chi connectivity index (χ4v) is 0.735. The highest BCUT2D eigenvalue weighted by Crippen LogP contribution is 2.08. The number of alkyl halides is 2. The first-order valence-electron chi connectivity index (χ1n) is 4.39. The standard InChI is InChI=1S/C5H8Cl2O.C4H10O/c1-4(8)2-3-5(6)7;1-3-5-4-2/h5H,2-3H2,1H3;3-4H2,1-2H3. The number of ether oxygens (including phenoxy) is 1. The predicted molar refractivity (Wildman–Crippen MR) is 57.6 cm³/mol. The lowest BCUT2D eigenvalue weighted by Crippen LogP contribution is -1.93. The molecule has 0 amide bonds. The van der Waals surface area contributed by atoms with Gasteiger partial charge in [0.2, 0.25) is 0 Å². The third-order valence-corrected chi connectivity index (χ3v) is 1.56. The molecule has 0 N–H and O–H groups in total. The summed E-state index contributed by atoms with van der Waals surface area (Å²) in [5.74, 6) is 0.135. The topological polar surface area (TPSA) is 26.3 Å². The van der Waals surface area contributed by atoms with Gasteiger partial charge >= 0.3 is 0 Å². The molecule has 0 aromatic carbocycles. The summed E-state index contributed by atoms with van der Waals surface area (Å²) >= 11 is 10.7. The highest BCUT2D eigenvalue weighted by atomic mass is 35.5. The predicted octanol–water partition coefficient (Wildman–Crippen LogP) is 3.20. The number of carbonyl (C=O) groups excluding carboxylic acids is 1. The number of Topliss-reactive ketones (excluding diaryl/α,β-unsaturated/α-hetero) is 1. The Balaban J connectivity index is 0. The molecule has 0 saturated heterocycles.